The summed E-state index contributed by atoms with van der Waals surface area (Å²) < 4.78 is 0.983. The highest BCUT2D eigenvalue weighted by Crippen LogP contribution is 2.24. The standard InChI is InChI=1S/C16H21N3O4/c1-10(2)13(14(20)18-23)19-15(21)12(17-16(19)22)9-8-11-6-4-3-5-7-11/h3-7,10,13,21,23H,8-9H2,1-2H3,(H,17,22)(H,18,20)/t13-/m0/s1. The number of hydrogen-bond acceptors (Lipinski definition) is 4. The normalized spacial score (nSPS) is 12.3. The zero-order valence-electron chi connectivity index (χ0n) is 13.1. The zero-order chi connectivity index (χ0) is 17.0. The van der Waals surface area contributed by atoms with Gasteiger partial charge in [0.25, 0.3) is 5.91 Å². The summed E-state index contributed by atoms with van der Waals surface area (Å²) in [6.07, 6.45) is 1.08. The number of H-pyrrole nitrogens is 1. The molecule has 7 heteroatoms. The quantitative estimate of drug-likeness (QED) is 0.476. The van der Waals surface area contributed by atoms with Crippen molar-refractivity contribution in [1.29, 1.82) is 0 Å². The van der Waals surface area contributed by atoms with E-state index in [2.05, 4.69) is 4.98 Å². The predicted octanol–water partition coefficient (Wildman–Crippen LogP) is 1.37. The number of nitrogens with zero attached hydrogens (tertiary/aromatic N) is 1. The van der Waals surface area contributed by atoms with E-state index in [-0.39, 0.29) is 11.8 Å². The molecule has 0 saturated carbocycles. The van der Waals surface area contributed by atoms with Crippen LogP contribution in [0.5, 0.6) is 5.88 Å². The monoisotopic (exact) mass is 319 g/mol. The Balaban J connectivity index is 2.28. The van der Waals surface area contributed by atoms with Gasteiger partial charge in [0.05, 0.1) is 5.69 Å². The third-order valence-corrected chi connectivity index (χ3v) is 3.77. The molecule has 2 aromatic rings. The smallest absolute Gasteiger partial charge is 0.329 e. The number of benzene rings is 1. The van der Waals surface area contributed by atoms with E-state index in [4.69, 9.17) is 5.21 Å². The first kappa shape index (κ1) is 16.8. The number of aromatic amines is 1. The number of aryl methyl sites for hydroxylation is 2. The Bertz CT molecular complexity index is 719. The summed E-state index contributed by atoms with van der Waals surface area (Å²) in [5, 5.41) is 19.2. The molecule has 2 rings (SSSR count). The lowest BCUT2D eigenvalue weighted by atomic mass is 10.0. The lowest BCUT2D eigenvalue weighted by Crippen LogP contribution is -2.37. The van der Waals surface area contributed by atoms with Crippen LogP contribution in [0.1, 0.15) is 31.1 Å². The summed E-state index contributed by atoms with van der Waals surface area (Å²) >= 11 is 0. The second-order valence-electron chi connectivity index (χ2n) is 5.75. The van der Waals surface area contributed by atoms with Gasteiger partial charge in [0, 0.05) is 0 Å². The van der Waals surface area contributed by atoms with E-state index in [0.29, 0.717) is 18.5 Å². The minimum atomic E-state index is -0.991. The maximum absolute atomic E-state index is 12.1. The highest BCUT2D eigenvalue weighted by Gasteiger charge is 2.29. The third kappa shape index (κ3) is 3.62. The number of amides is 1. The molecule has 1 atom stereocenters. The van der Waals surface area contributed by atoms with E-state index in [1.807, 2.05) is 30.3 Å². The Morgan fingerprint density at radius 3 is 2.48 bits per heavy atom. The van der Waals surface area contributed by atoms with Gasteiger partial charge in [-0.05, 0) is 24.3 Å². The van der Waals surface area contributed by atoms with Crippen LogP contribution >= 0.6 is 0 Å². The molecule has 0 aliphatic heterocycles. The van der Waals surface area contributed by atoms with Crippen molar-refractivity contribution in [1.82, 2.24) is 15.0 Å². The highest BCUT2D eigenvalue weighted by molar-refractivity contribution is 5.79. The molecule has 1 amide bonds. The van der Waals surface area contributed by atoms with Crippen LogP contribution in [-0.4, -0.2) is 25.8 Å². The van der Waals surface area contributed by atoms with Crippen LogP contribution < -0.4 is 11.2 Å². The van der Waals surface area contributed by atoms with Crippen LogP contribution in [-0.2, 0) is 17.6 Å². The molecule has 4 N–H and O–H groups in total. The second-order valence-corrected chi connectivity index (χ2v) is 5.75. The molecule has 0 saturated heterocycles. The number of aromatic nitrogens is 2. The van der Waals surface area contributed by atoms with Gasteiger partial charge in [0.2, 0.25) is 5.88 Å². The lowest BCUT2D eigenvalue weighted by Gasteiger charge is -2.19. The lowest BCUT2D eigenvalue weighted by molar-refractivity contribution is -0.134. The van der Waals surface area contributed by atoms with E-state index < -0.39 is 17.6 Å². The first-order chi connectivity index (χ1) is 11.0. The topological polar surface area (TPSA) is 107 Å². The van der Waals surface area contributed by atoms with E-state index in [9.17, 15) is 14.7 Å². The van der Waals surface area contributed by atoms with Crippen molar-refractivity contribution >= 4 is 5.91 Å². The number of hydrogen-bond donors (Lipinski definition) is 4. The minimum Gasteiger partial charge on any atom is -0.493 e. The van der Waals surface area contributed by atoms with Crippen molar-refractivity contribution in [2.75, 3.05) is 0 Å². The number of rotatable bonds is 6. The summed E-state index contributed by atoms with van der Waals surface area (Å²) in [5.41, 5.74) is 2.42. The largest absolute Gasteiger partial charge is 0.493 e. The molecular weight excluding hydrogens is 298 g/mol. The van der Waals surface area contributed by atoms with Crippen molar-refractivity contribution < 1.29 is 15.1 Å². The Hall–Kier alpha value is -2.54. The van der Waals surface area contributed by atoms with Crippen molar-refractivity contribution in [2.45, 2.75) is 32.7 Å². The summed E-state index contributed by atoms with van der Waals surface area (Å²) in [6, 6.07) is 8.69. The van der Waals surface area contributed by atoms with E-state index in [1.54, 1.807) is 19.3 Å². The molecule has 23 heavy (non-hydrogen) atoms. The average Bonchev–Trinajstić information content (AvgIpc) is 2.81. The number of carbonyl (C=O) groups is 1. The fraction of sp³-hybridized carbons (Fsp3) is 0.375. The van der Waals surface area contributed by atoms with Crippen LogP contribution in [0.2, 0.25) is 0 Å². The Morgan fingerprint density at radius 1 is 1.26 bits per heavy atom. The Labute approximate surface area is 133 Å². The molecule has 1 aromatic heterocycles. The van der Waals surface area contributed by atoms with Gasteiger partial charge in [-0.3, -0.25) is 14.6 Å². The summed E-state index contributed by atoms with van der Waals surface area (Å²) in [7, 11) is 0. The maximum atomic E-state index is 12.1. The Morgan fingerprint density at radius 2 is 1.91 bits per heavy atom. The first-order valence-electron chi connectivity index (χ1n) is 7.46. The van der Waals surface area contributed by atoms with Crippen LogP contribution in [0.4, 0.5) is 0 Å². The molecule has 0 radical (unpaired) electrons. The molecule has 0 fully saturated rings. The Kier molecular flexibility index (Phi) is 5.23. The number of hydroxylamine groups is 1. The summed E-state index contributed by atoms with van der Waals surface area (Å²) in [5.74, 6) is -1.30. The van der Waals surface area contributed by atoms with E-state index in [0.717, 1.165) is 10.1 Å². The molecule has 0 aliphatic rings. The van der Waals surface area contributed by atoms with Gasteiger partial charge in [0.1, 0.15) is 6.04 Å². The molecule has 1 heterocycles. The average molecular weight is 319 g/mol. The van der Waals surface area contributed by atoms with Crippen molar-refractivity contribution in [3.05, 3.63) is 52.1 Å². The van der Waals surface area contributed by atoms with Crippen LogP contribution in [0, 0.1) is 5.92 Å². The van der Waals surface area contributed by atoms with Gasteiger partial charge >= 0.3 is 5.69 Å². The molecule has 1 aromatic carbocycles. The van der Waals surface area contributed by atoms with Crippen molar-refractivity contribution in [3.8, 4) is 5.88 Å². The SMILES string of the molecule is CC(C)[C@@H](C(=O)NO)n1c(O)c(CCc2ccccc2)[nH]c1=O. The van der Waals surface area contributed by atoms with Gasteiger partial charge in [0.15, 0.2) is 0 Å². The number of imidazole rings is 1. The van der Waals surface area contributed by atoms with Crippen LogP contribution in [0.3, 0.4) is 0 Å². The molecule has 0 bridgehead atoms. The molecule has 0 spiro atoms. The van der Waals surface area contributed by atoms with Crippen LogP contribution in [0.15, 0.2) is 35.1 Å². The van der Waals surface area contributed by atoms with Crippen LogP contribution in [0.25, 0.3) is 0 Å². The molecule has 0 aliphatic carbocycles. The van der Waals surface area contributed by atoms with Gasteiger partial charge in [-0.15, -0.1) is 0 Å². The minimum absolute atomic E-state index is 0.270. The second kappa shape index (κ2) is 7.15. The fourth-order valence-corrected chi connectivity index (χ4v) is 2.62. The maximum Gasteiger partial charge on any atom is 0.329 e. The molecular formula is C16H21N3O4. The predicted molar refractivity (Wildman–Crippen MR) is 84.4 cm³/mol. The zero-order valence-corrected chi connectivity index (χ0v) is 13.1. The van der Waals surface area contributed by atoms with Gasteiger partial charge in [-0.2, -0.15) is 0 Å². The number of carbonyl (C=O) groups excluding carboxylic acids is 1. The van der Waals surface area contributed by atoms with E-state index >= 15 is 0 Å². The number of nitrogens with one attached hydrogen (secondary N) is 2. The molecule has 7 nitrogen and oxygen atoms in total. The summed E-state index contributed by atoms with van der Waals surface area (Å²) in [4.78, 5) is 26.5. The third-order valence-electron chi connectivity index (χ3n) is 3.77. The molecule has 124 valence electrons. The first-order valence-corrected chi connectivity index (χ1v) is 7.46. The van der Waals surface area contributed by atoms with Crippen molar-refractivity contribution in [2.24, 2.45) is 5.92 Å². The highest BCUT2D eigenvalue weighted by atomic mass is 16.5. The molecule has 0 unspecified atom stereocenters. The van der Waals surface area contributed by atoms with Gasteiger partial charge in [-0.25, -0.2) is 10.3 Å². The van der Waals surface area contributed by atoms with E-state index in [1.165, 1.54) is 0 Å². The summed E-state index contributed by atoms with van der Waals surface area (Å²) in [6.45, 7) is 3.45. The van der Waals surface area contributed by atoms with Crippen molar-refractivity contribution in [3.63, 3.8) is 0 Å². The van der Waals surface area contributed by atoms with Gasteiger partial charge < -0.3 is 10.1 Å². The fourth-order valence-electron chi connectivity index (χ4n) is 2.62. The number of aromatic hydroxyl groups is 1. The van der Waals surface area contributed by atoms with Gasteiger partial charge in [-0.1, -0.05) is 44.2 Å².